The number of nitrogens with one attached hydrogen (secondary N) is 3. The highest BCUT2D eigenvalue weighted by Gasteiger charge is 2.08. The van der Waals surface area contributed by atoms with Crippen molar-refractivity contribution in [1.29, 1.82) is 0 Å². The number of ether oxygens (including phenoxy) is 2. The topological polar surface area (TPSA) is 80.3 Å². The number of aromatic nitrogens is 2. The Morgan fingerprint density at radius 1 is 1.38 bits per heavy atom. The molecule has 7 nitrogen and oxygen atoms in total. The van der Waals surface area contributed by atoms with Crippen LogP contribution in [0.3, 0.4) is 0 Å². The Kier molecular flexibility index (Phi) is 8.99. The lowest BCUT2D eigenvalue weighted by Gasteiger charge is -2.17. The van der Waals surface area contributed by atoms with E-state index in [2.05, 4.69) is 32.5 Å². The molecule has 132 valence electrons. The van der Waals surface area contributed by atoms with Crippen LogP contribution in [-0.4, -0.2) is 43.8 Å². The van der Waals surface area contributed by atoms with Gasteiger partial charge in [-0.05, 0) is 39.1 Å². The van der Waals surface area contributed by atoms with Gasteiger partial charge >= 0.3 is 0 Å². The third-order valence-electron chi connectivity index (χ3n) is 3.14. The van der Waals surface area contributed by atoms with Crippen molar-refractivity contribution in [1.82, 2.24) is 15.3 Å². The molecule has 0 amide bonds. The van der Waals surface area contributed by atoms with Crippen LogP contribution in [0, 0.1) is 0 Å². The Balaban J connectivity index is 2.80. The summed E-state index contributed by atoms with van der Waals surface area (Å²) >= 11 is 0. The normalized spacial score (nSPS) is 13.2. The van der Waals surface area contributed by atoms with Crippen molar-refractivity contribution < 1.29 is 9.47 Å². The lowest BCUT2D eigenvalue weighted by Crippen LogP contribution is -2.17. The SMILES string of the molecule is C=C/C(OC)=C(\C=C\Nc1nccc(NC)n1)OC(C)CCNC. The Bertz CT molecular complexity index is 572. The lowest BCUT2D eigenvalue weighted by atomic mass is 10.2. The van der Waals surface area contributed by atoms with E-state index in [1.54, 1.807) is 44.8 Å². The van der Waals surface area contributed by atoms with Crippen molar-refractivity contribution in [3.05, 3.63) is 48.7 Å². The third kappa shape index (κ3) is 6.70. The van der Waals surface area contributed by atoms with Crippen molar-refractivity contribution >= 4 is 11.8 Å². The summed E-state index contributed by atoms with van der Waals surface area (Å²) in [6.07, 6.45) is 7.67. The summed E-state index contributed by atoms with van der Waals surface area (Å²) < 4.78 is 11.2. The molecule has 1 unspecified atom stereocenters. The van der Waals surface area contributed by atoms with Crippen LogP contribution < -0.4 is 16.0 Å². The number of rotatable bonds is 11. The standard InChI is InChI=1S/C17H27N5O2/c1-6-14(23-5)15(24-13(2)7-10-18-3)8-11-20-17-21-12-9-16(19-4)22-17/h6,8-9,11-13,18H,1,7,10H2,2-5H3,(H2,19,20,21,22)/b11-8+,15-14-. The number of hydrogen-bond acceptors (Lipinski definition) is 7. The zero-order valence-electron chi connectivity index (χ0n) is 14.8. The minimum atomic E-state index is 0.0334. The summed E-state index contributed by atoms with van der Waals surface area (Å²) in [6, 6.07) is 1.79. The Morgan fingerprint density at radius 2 is 2.17 bits per heavy atom. The molecule has 1 rings (SSSR count). The van der Waals surface area contributed by atoms with Gasteiger partial charge in [-0.1, -0.05) is 6.58 Å². The fourth-order valence-corrected chi connectivity index (χ4v) is 1.85. The first-order valence-corrected chi connectivity index (χ1v) is 7.80. The van der Waals surface area contributed by atoms with E-state index in [4.69, 9.17) is 9.47 Å². The van der Waals surface area contributed by atoms with Crippen molar-refractivity contribution in [2.75, 3.05) is 38.4 Å². The van der Waals surface area contributed by atoms with Gasteiger partial charge < -0.3 is 25.4 Å². The summed E-state index contributed by atoms with van der Waals surface area (Å²) in [5, 5.41) is 9.07. The van der Waals surface area contributed by atoms with Gasteiger partial charge in [-0.2, -0.15) is 4.98 Å². The number of nitrogens with zero attached hydrogens (tertiary/aromatic N) is 2. The first kappa shape index (κ1) is 19.5. The van der Waals surface area contributed by atoms with Crippen molar-refractivity contribution in [3.8, 4) is 0 Å². The third-order valence-corrected chi connectivity index (χ3v) is 3.14. The van der Waals surface area contributed by atoms with E-state index in [-0.39, 0.29) is 6.10 Å². The highest BCUT2D eigenvalue weighted by Crippen LogP contribution is 2.14. The minimum Gasteiger partial charge on any atom is -0.493 e. The molecule has 0 radical (unpaired) electrons. The van der Waals surface area contributed by atoms with Crippen LogP contribution in [0.2, 0.25) is 0 Å². The van der Waals surface area contributed by atoms with E-state index in [1.165, 1.54) is 0 Å². The fourth-order valence-electron chi connectivity index (χ4n) is 1.85. The van der Waals surface area contributed by atoms with Crippen LogP contribution in [-0.2, 0) is 9.47 Å². The van der Waals surface area contributed by atoms with Crippen molar-refractivity contribution in [2.45, 2.75) is 19.4 Å². The molecule has 0 spiro atoms. The number of allylic oxidation sites excluding steroid dienone is 2. The second-order valence-electron chi connectivity index (χ2n) is 4.95. The van der Waals surface area contributed by atoms with Crippen LogP contribution >= 0.6 is 0 Å². The Hall–Kier alpha value is -2.54. The molecule has 3 N–H and O–H groups in total. The highest BCUT2D eigenvalue weighted by molar-refractivity contribution is 5.40. The molecule has 0 saturated heterocycles. The smallest absolute Gasteiger partial charge is 0.228 e. The van der Waals surface area contributed by atoms with Gasteiger partial charge in [0, 0.05) is 25.5 Å². The average molecular weight is 333 g/mol. The quantitative estimate of drug-likeness (QED) is 0.424. The molecule has 0 aliphatic heterocycles. The maximum Gasteiger partial charge on any atom is 0.228 e. The predicted octanol–water partition coefficient (Wildman–Crippen LogP) is 2.50. The maximum atomic E-state index is 5.94. The molecule has 1 atom stereocenters. The van der Waals surface area contributed by atoms with Gasteiger partial charge in [-0.15, -0.1) is 0 Å². The molecule has 0 aromatic carbocycles. The highest BCUT2D eigenvalue weighted by atomic mass is 16.5. The monoisotopic (exact) mass is 333 g/mol. The van der Waals surface area contributed by atoms with E-state index in [0.717, 1.165) is 18.8 Å². The molecule has 0 bridgehead atoms. The summed E-state index contributed by atoms with van der Waals surface area (Å²) in [7, 11) is 5.30. The van der Waals surface area contributed by atoms with Crippen LogP contribution in [0.5, 0.6) is 0 Å². The zero-order chi connectivity index (χ0) is 17.8. The average Bonchev–Trinajstić information content (AvgIpc) is 2.61. The number of methoxy groups -OCH3 is 1. The number of anilines is 2. The molecule has 0 fully saturated rings. The molecule has 0 aliphatic carbocycles. The molecule has 1 aromatic heterocycles. The van der Waals surface area contributed by atoms with E-state index < -0.39 is 0 Å². The van der Waals surface area contributed by atoms with E-state index in [1.807, 2.05) is 14.0 Å². The van der Waals surface area contributed by atoms with Gasteiger partial charge in [0.25, 0.3) is 0 Å². The minimum absolute atomic E-state index is 0.0334. The molecule has 0 saturated carbocycles. The van der Waals surface area contributed by atoms with E-state index in [0.29, 0.717) is 17.5 Å². The zero-order valence-corrected chi connectivity index (χ0v) is 14.8. The molecule has 1 heterocycles. The van der Waals surface area contributed by atoms with Gasteiger partial charge in [0.15, 0.2) is 11.5 Å². The molecular formula is C17H27N5O2. The predicted molar refractivity (Wildman–Crippen MR) is 97.7 cm³/mol. The first-order chi connectivity index (χ1) is 11.6. The van der Waals surface area contributed by atoms with Gasteiger partial charge in [0.05, 0.1) is 13.2 Å². The van der Waals surface area contributed by atoms with Gasteiger partial charge in [-0.3, -0.25) is 0 Å². The summed E-state index contributed by atoms with van der Waals surface area (Å²) in [5.41, 5.74) is 0. The second kappa shape index (κ2) is 11.1. The van der Waals surface area contributed by atoms with E-state index in [9.17, 15) is 0 Å². The fraction of sp³-hybridized carbons (Fsp3) is 0.412. The Morgan fingerprint density at radius 3 is 2.79 bits per heavy atom. The molecular weight excluding hydrogens is 306 g/mol. The van der Waals surface area contributed by atoms with Crippen LogP contribution in [0.15, 0.2) is 48.7 Å². The summed E-state index contributed by atoms with van der Waals surface area (Å²) in [5.74, 6) is 2.37. The van der Waals surface area contributed by atoms with Gasteiger partial charge in [0.2, 0.25) is 5.95 Å². The van der Waals surface area contributed by atoms with Crippen LogP contribution in [0.25, 0.3) is 0 Å². The van der Waals surface area contributed by atoms with Crippen LogP contribution in [0.1, 0.15) is 13.3 Å². The lowest BCUT2D eigenvalue weighted by molar-refractivity contribution is 0.119. The molecule has 1 aromatic rings. The van der Waals surface area contributed by atoms with E-state index >= 15 is 0 Å². The summed E-state index contributed by atoms with van der Waals surface area (Å²) in [6.45, 7) is 6.63. The second-order valence-corrected chi connectivity index (χ2v) is 4.95. The van der Waals surface area contributed by atoms with Gasteiger partial charge in [0.1, 0.15) is 5.82 Å². The van der Waals surface area contributed by atoms with Crippen molar-refractivity contribution in [3.63, 3.8) is 0 Å². The number of hydrogen-bond donors (Lipinski definition) is 3. The van der Waals surface area contributed by atoms with Crippen LogP contribution in [0.4, 0.5) is 11.8 Å². The Labute approximate surface area is 143 Å². The largest absolute Gasteiger partial charge is 0.493 e. The summed E-state index contributed by atoms with van der Waals surface area (Å²) in [4.78, 5) is 8.41. The molecule has 24 heavy (non-hydrogen) atoms. The molecule has 7 heteroatoms. The first-order valence-electron chi connectivity index (χ1n) is 7.80. The molecule has 0 aliphatic rings. The maximum absolute atomic E-state index is 5.94. The van der Waals surface area contributed by atoms with Gasteiger partial charge in [-0.25, -0.2) is 4.98 Å². The van der Waals surface area contributed by atoms with Crippen molar-refractivity contribution in [2.24, 2.45) is 0 Å².